The summed E-state index contributed by atoms with van der Waals surface area (Å²) in [6.45, 7) is 4.43. The van der Waals surface area contributed by atoms with Gasteiger partial charge in [0.25, 0.3) is 0 Å². The van der Waals surface area contributed by atoms with Crippen LogP contribution >= 0.6 is 0 Å². The van der Waals surface area contributed by atoms with Crippen molar-refractivity contribution < 1.29 is 4.74 Å². The average molecular weight is 218 g/mol. The normalized spacial score (nSPS) is 13.9. The van der Waals surface area contributed by atoms with Crippen molar-refractivity contribution in [2.24, 2.45) is 0 Å². The molecule has 3 heteroatoms. The predicted octanol–water partition coefficient (Wildman–Crippen LogP) is 2.27. The summed E-state index contributed by atoms with van der Waals surface area (Å²) >= 11 is 0. The molecular weight excluding hydrogens is 200 g/mol. The maximum atomic E-state index is 8.96. The molecule has 1 rings (SSSR count). The molecule has 0 aliphatic carbocycles. The third kappa shape index (κ3) is 3.56. The largest absolute Gasteiger partial charge is 0.493 e. The molecule has 1 aromatic rings. The smallest absolute Gasteiger partial charge is 0.119 e. The Bertz CT molecular complexity index is 384. The van der Waals surface area contributed by atoms with E-state index in [0.717, 1.165) is 5.75 Å². The van der Waals surface area contributed by atoms with Crippen molar-refractivity contribution in [1.29, 1.82) is 5.26 Å². The Hall–Kier alpha value is -1.53. The monoisotopic (exact) mass is 218 g/mol. The van der Waals surface area contributed by atoms with Crippen molar-refractivity contribution in [2.75, 3.05) is 13.7 Å². The molecule has 1 N–H and O–H groups in total. The van der Waals surface area contributed by atoms with Gasteiger partial charge in [-0.25, -0.2) is 0 Å². The van der Waals surface area contributed by atoms with Gasteiger partial charge in [0.2, 0.25) is 0 Å². The van der Waals surface area contributed by atoms with Gasteiger partial charge in [0.1, 0.15) is 11.3 Å². The molecule has 0 bridgehead atoms. The summed E-state index contributed by atoms with van der Waals surface area (Å²) in [4.78, 5) is 0. The highest BCUT2D eigenvalue weighted by atomic mass is 16.5. The first kappa shape index (κ1) is 12.5. The summed E-state index contributed by atoms with van der Waals surface area (Å²) in [5, 5.41) is 11.9. The van der Waals surface area contributed by atoms with Crippen LogP contribution in [0.3, 0.4) is 0 Å². The summed E-state index contributed by atoms with van der Waals surface area (Å²) in [5.74, 6) is 0.858. The summed E-state index contributed by atoms with van der Waals surface area (Å²) < 4.78 is 5.60. The SMILES string of the molecule is CNC(C)(C#N)CCOc1cccc(C)c1. The Morgan fingerprint density at radius 1 is 1.50 bits per heavy atom. The lowest BCUT2D eigenvalue weighted by atomic mass is 10.0. The molecule has 0 amide bonds. The Morgan fingerprint density at radius 2 is 2.25 bits per heavy atom. The van der Waals surface area contributed by atoms with E-state index in [4.69, 9.17) is 10.00 Å². The molecule has 0 radical (unpaired) electrons. The molecule has 1 aromatic carbocycles. The fourth-order valence-electron chi connectivity index (χ4n) is 1.31. The number of nitriles is 1. The minimum Gasteiger partial charge on any atom is -0.493 e. The molecular formula is C13H18N2O. The molecule has 16 heavy (non-hydrogen) atoms. The lowest BCUT2D eigenvalue weighted by Gasteiger charge is -2.20. The summed E-state index contributed by atoms with van der Waals surface area (Å²) in [5.41, 5.74) is 0.665. The van der Waals surface area contributed by atoms with Gasteiger partial charge in [-0.1, -0.05) is 12.1 Å². The van der Waals surface area contributed by atoms with Gasteiger partial charge in [0.05, 0.1) is 12.7 Å². The standard InChI is InChI=1S/C13H18N2O/c1-11-5-4-6-12(9-11)16-8-7-13(2,10-14)15-3/h4-6,9,15H,7-8H2,1-3H3. The summed E-state index contributed by atoms with van der Waals surface area (Å²) in [6, 6.07) is 10.1. The van der Waals surface area contributed by atoms with Gasteiger partial charge in [0, 0.05) is 6.42 Å². The molecule has 0 fully saturated rings. The van der Waals surface area contributed by atoms with Crippen LogP contribution in [-0.4, -0.2) is 19.2 Å². The number of rotatable bonds is 5. The van der Waals surface area contributed by atoms with Crippen LogP contribution in [0.4, 0.5) is 0 Å². The van der Waals surface area contributed by atoms with E-state index in [1.165, 1.54) is 5.56 Å². The van der Waals surface area contributed by atoms with Crippen LogP contribution in [-0.2, 0) is 0 Å². The molecule has 0 aliphatic heterocycles. The van der Waals surface area contributed by atoms with E-state index in [9.17, 15) is 0 Å². The first-order valence-corrected chi connectivity index (χ1v) is 5.39. The lowest BCUT2D eigenvalue weighted by molar-refractivity contribution is 0.273. The fourth-order valence-corrected chi connectivity index (χ4v) is 1.31. The Labute approximate surface area is 97.0 Å². The number of nitrogens with zero attached hydrogens (tertiary/aromatic N) is 1. The van der Waals surface area contributed by atoms with Gasteiger partial charge < -0.3 is 10.1 Å². The molecule has 3 nitrogen and oxygen atoms in total. The Morgan fingerprint density at radius 3 is 2.81 bits per heavy atom. The lowest BCUT2D eigenvalue weighted by Crippen LogP contribution is -2.39. The fraction of sp³-hybridized carbons (Fsp3) is 0.462. The zero-order chi connectivity index (χ0) is 12.0. The molecule has 86 valence electrons. The third-order valence-electron chi connectivity index (χ3n) is 2.66. The second-order valence-electron chi connectivity index (χ2n) is 4.11. The van der Waals surface area contributed by atoms with Crippen molar-refractivity contribution in [2.45, 2.75) is 25.8 Å². The van der Waals surface area contributed by atoms with Crippen LogP contribution < -0.4 is 10.1 Å². The van der Waals surface area contributed by atoms with Crippen molar-refractivity contribution >= 4 is 0 Å². The van der Waals surface area contributed by atoms with Crippen LogP contribution in [0.2, 0.25) is 0 Å². The van der Waals surface area contributed by atoms with Crippen molar-refractivity contribution in [3.63, 3.8) is 0 Å². The number of hydrogen-bond donors (Lipinski definition) is 1. The number of nitrogens with one attached hydrogen (secondary N) is 1. The van der Waals surface area contributed by atoms with Crippen LogP contribution in [0.1, 0.15) is 18.9 Å². The van der Waals surface area contributed by atoms with Gasteiger partial charge in [0.15, 0.2) is 0 Å². The van der Waals surface area contributed by atoms with Gasteiger partial charge >= 0.3 is 0 Å². The maximum Gasteiger partial charge on any atom is 0.119 e. The van der Waals surface area contributed by atoms with Crippen LogP contribution in [0.25, 0.3) is 0 Å². The van der Waals surface area contributed by atoms with Crippen LogP contribution in [0.15, 0.2) is 24.3 Å². The molecule has 0 spiro atoms. The molecule has 1 unspecified atom stereocenters. The highest BCUT2D eigenvalue weighted by Gasteiger charge is 2.20. The molecule has 0 aliphatic rings. The topological polar surface area (TPSA) is 45.0 Å². The minimum atomic E-state index is -0.510. The van der Waals surface area contributed by atoms with E-state index >= 15 is 0 Å². The predicted molar refractivity (Wildman–Crippen MR) is 64.4 cm³/mol. The highest BCUT2D eigenvalue weighted by molar-refractivity contribution is 5.27. The van der Waals surface area contributed by atoms with Crippen molar-refractivity contribution in [1.82, 2.24) is 5.32 Å². The molecule has 0 saturated carbocycles. The van der Waals surface area contributed by atoms with Crippen LogP contribution in [0.5, 0.6) is 5.75 Å². The van der Waals surface area contributed by atoms with Crippen LogP contribution in [0, 0.1) is 18.3 Å². The van der Waals surface area contributed by atoms with E-state index < -0.39 is 5.54 Å². The molecule has 0 saturated heterocycles. The first-order chi connectivity index (χ1) is 7.59. The number of hydrogen-bond acceptors (Lipinski definition) is 3. The van der Waals surface area contributed by atoms with E-state index in [-0.39, 0.29) is 0 Å². The Balaban J connectivity index is 2.45. The summed E-state index contributed by atoms with van der Waals surface area (Å²) in [7, 11) is 1.79. The van der Waals surface area contributed by atoms with Gasteiger partial charge in [-0.3, -0.25) is 0 Å². The Kier molecular flexibility index (Phi) is 4.33. The number of benzene rings is 1. The van der Waals surface area contributed by atoms with Crippen molar-refractivity contribution in [3.8, 4) is 11.8 Å². The third-order valence-corrected chi connectivity index (χ3v) is 2.66. The van der Waals surface area contributed by atoms with Gasteiger partial charge in [-0.05, 0) is 38.6 Å². The van der Waals surface area contributed by atoms with E-state index in [0.29, 0.717) is 13.0 Å². The van der Waals surface area contributed by atoms with E-state index in [1.54, 1.807) is 7.05 Å². The molecule has 0 aromatic heterocycles. The van der Waals surface area contributed by atoms with E-state index in [1.807, 2.05) is 38.1 Å². The molecule has 1 atom stereocenters. The summed E-state index contributed by atoms with van der Waals surface area (Å²) in [6.07, 6.45) is 0.661. The zero-order valence-corrected chi connectivity index (χ0v) is 10.1. The maximum absolute atomic E-state index is 8.96. The molecule has 0 heterocycles. The average Bonchev–Trinajstić information content (AvgIpc) is 2.29. The number of ether oxygens (including phenoxy) is 1. The zero-order valence-electron chi connectivity index (χ0n) is 10.1. The number of aryl methyl sites for hydroxylation is 1. The highest BCUT2D eigenvalue weighted by Crippen LogP contribution is 2.14. The van der Waals surface area contributed by atoms with Gasteiger partial charge in [-0.15, -0.1) is 0 Å². The quantitative estimate of drug-likeness (QED) is 0.824. The second kappa shape index (κ2) is 5.53. The minimum absolute atomic E-state index is 0.510. The van der Waals surface area contributed by atoms with Gasteiger partial charge in [-0.2, -0.15) is 5.26 Å². The van der Waals surface area contributed by atoms with E-state index in [2.05, 4.69) is 11.4 Å². The second-order valence-corrected chi connectivity index (χ2v) is 4.11. The first-order valence-electron chi connectivity index (χ1n) is 5.39. The van der Waals surface area contributed by atoms with Crippen molar-refractivity contribution in [3.05, 3.63) is 29.8 Å².